The summed E-state index contributed by atoms with van der Waals surface area (Å²) in [6.07, 6.45) is 2.63. The molecule has 0 radical (unpaired) electrons. The average molecular weight is 402 g/mol. The predicted octanol–water partition coefficient (Wildman–Crippen LogP) is 3.47. The van der Waals surface area contributed by atoms with Crippen LogP contribution in [0, 0.1) is 6.92 Å². The molecule has 0 aliphatic carbocycles. The molecule has 0 N–H and O–H groups in total. The highest BCUT2D eigenvalue weighted by molar-refractivity contribution is 5.80. The van der Waals surface area contributed by atoms with E-state index in [1.807, 2.05) is 54.3 Å². The van der Waals surface area contributed by atoms with Gasteiger partial charge in [-0.2, -0.15) is 4.98 Å². The number of aryl methyl sites for hydroxylation is 2. The van der Waals surface area contributed by atoms with Crippen LogP contribution in [0.2, 0.25) is 0 Å². The number of aromatic nitrogens is 5. The fourth-order valence-electron chi connectivity index (χ4n) is 3.84. The van der Waals surface area contributed by atoms with E-state index in [1.165, 1.54) is 0 Å². The Balaban J connectivity index is 1.34. The molecule has 2 aromatic carbocycles. The molecule has 1 aliphatic rings. The van der Waals surface area contributed by atoms with Crippen molar-refractivity contribution < 1.29 is 9.32 Å². The van der Waals surface area contributed by atoms with Gasteiger partial charge in [0.25, 0.3) is 5.89 Å². The Morgan fingerprint density at radius 2 is 1.97 bits per heavy atom. The molecule has 1 aliphatic heterocycles. The summed E-state index contributed by atoms with van der Waals surface area (Å²) in [6.45, 7) is 4.28. The zero-order valence-electron chi connectivity index (χ0n) is 16.8. The number of amides is 1. The monoisotopic (exact) mass is 402 g/mol. The summed E-state index contributed by atoms with van der Waals surface area (Å²) in [4.78, 5) is 18.7. The largest absolute Gasteiger partial charge is 0.343 e. The van der Waals surface area contributed by atoms with Crippen molar-refractivity contribution >= 4 is 16.9 Å². The van der Waals surface area contributed by atoms with E-state index in [9.17, 15) is 4.79 Å². The lowest BCUT2D eigenvalue weighted by Gasteiger charge is -2.14. The van der Waals surface area contributed by atoms with Gasteiger partial charge in [0.05, 0.1) is 12.1 Å². The molecule has 2 aromatic heterocycles. The van der Waals surface area contributed by atoms with E-state index in [0.717, 1.165) is 53.7 Å². The van der Waals surface area contributed by atoms with Gasteiger partial charge in [-0.25, -0.2) is 4.68 Å². The van der Waals surface area contributed by atoms with Crippen molar-refractivity contribution in [1.29, 1.82) is 0 Å². The molecule has 0 saturated carbocycles. The Labute approximate surface area is 173 Å². The second kappa shape index (κ2) is 7.70. The number of fused-ring (bicyclic) bond motifs is 1. The van der Waals surface area contributed by atoms with E-state index in [2.05, 4.69) is 20.5 Å². The first-order valence-corrected chi connectivity index (χ1v) is 10.2. The Bertz CT molecular complexity index is 1210. The minimum atomic E-state index is 0.184. The summed E-state index contributed by atoms with van der Waals surface area (Å²) in [6, 6.07) is 13.7. The smallest absolute Gasteiger partial charge is 0.258 e. The number of hydrogen-bond donors (Lipinski definition) is 0. The molecule has 4 aromatic rings. The molecule has 1 saturated heterocycles. The molecule has 0 spiro atoms. The van der Waals surface area contributed by atoms with Gasteiger partial charge in [0.15, 0.2) is 0 Å². The number of carbonyl (C=O) groups is 1. The van der Waals surface area contributed by atoms with Crippen molar-refractivity contribution in [2.24, 2.45) is 0 Å². The first kappa shape index (κ1) is 18.5. The summed E-state index contributed by atoms with van der Waals surface area (Å²) in [7, 11) is 0. The molecule has 0 atom stereocenters. The van der Waals surface area contributed by atoms with Gasteiger partial charge in [0.2, 0.25) is 11.7 Å². The van der Waals surface area contributed by atoms with E-state index < -0.39 is 0 Å². The lowest BCUT2D eigenvalue weighted by molar-refractivity contribution is -0.130. The summed E-state index contributed by atoms with van der Waals surface area (Å²) in [5.74, 6) is 1.17. The summed E-state index contributed by atoms with van der Waals surface area (Å²) < 4.78 is 7.23. The average Bonchev–Trinajstić information content (AvgIpc) is 3.52. The molecule has 152 valence electrons. The van der Waals surface area contributed by atoms with Crippen molar-refractivity contribution in [1.82, 2.24) is 30.0 Å². The van der Waals surface area contributed by atoms with Crippen LogP contribution in [0.3, 0.4) is 0 Å². The van der Waals surface area contributed by atoms with Crippen LogP contribution in [0.5, 0.6) is 0 Å². The van der Waals surface area contributed by atoms with Gasteiger partial charge >= 0.3 is 0 Å². The molecule has 8 heteroatoms. The minimum absolute atomic E-state index is 0.184. The molecule has 5 rings (SSSR count). The third-order valence-electron chi connectivity index (χ3n) is 5.46. The first-order chi connectivity index (χ1) is 14.7. The van der Waals surface area contributed by atoms with Crippen molar-refractivity contribution in [2.75, 3.05) is 13.1 Å². The normalized spacial score (nSPS) is 14.0. The zero-order valence-corrected chi connectivity index (χ0v) is 16.8. The molecule has 1 fully saturated rings. The molecular weight excluding hydrogens is 380 g/mol. The highest BCUT2D eigenvalue weighted by Gasteiger charge is 2.18. The van der Waals surface area contributed by atoms with E-state index in [1.54, 1.807) is 4.68 Å². The summed E-state index contributed by atoms with van der Waals surface area (Å²) in [5, 5.41) is 12.6. The maximum absolute atomic E-state index is 12.3. The number of likely N-dealkylation sites (tertiary alicyclic amines) is 1. The second-order valence-electron chi connectivity index (χ2n) is 7.65. The van der Waals surface area contributed by atoms with Gasteiger partial charge in [-0.15, -0.1) is 5.10 Å². The highest BCUT2D eigenvalue weighted by Crippen LogP contribution is 2.25. The van der Waals surface area contributed by atoms with E-state index in [-0.39, 0.29) is 5.91 Å². The van der Waals surface area contributed by atoms with Gasteiger partial charge in [-0.3, -0.25) is 4.79 Å². The molecule has 0 unspecified atom stereocenters. The van der Waals surface area contributed by atoms with Crippen LogP contribution in [-0.4, -0.2) is 49.0 Å². The lowest BCUT2D eigenvalue weighted by Crippen LogP contribution is -2.28. The van der Waals surface area contributed by atoms with Gasteiger partial charge in [0, 0.05) is 30.6 Å². The maximum Gasteiger partial charge on any atom is 0.258 e. The number of carbonyl (C=O) groups excluding carboxylic acids is 1. The number of benzene rings is 2. The Hall–Kier alpha value is -3.55. The van der Waals surface area contributed by atoms with E-state index in [0.29, 0.717) is 24.7 Å². The quantitative estimate of drug-likeness (QED) is 0.508. The van der Waals surface area contributed by atoms with Crippen molar-refractivity contribution in [2.45, 2.75) is 32.7 Å². The van der Waals surface area contributed by atoms with Gasteiger partial charge in [0.1, 0.15) is 5.52 Å². The molecule has 3 heterocycles. The summed E-state index contributed by atoms with van der Waals surface area (Å²) in [5.41, 5.74) is 4.46. The Kier molecular flexibility index (Phi) is 4.74. The van der Waals surface area contributed by atoms with E-state index in [4.69, 9.17) is 4.52 Å². The molecule has 30 heavy (non-hydrogen) atoms. The Morgan fingerprint density at radius 3 is 2.80 bits per heavy atom. The fraction of sp³-hybridized carbons (Fsp3) is 0.318. The zero-order chi connectivity index (χ0) is 20.5. The standard InChI is InChI=1S/C22H22N6O2/c1-15-5-4-6-17(13-15)22-23-21(25-30-22)16-7-8-19-18(14-16)24-26-28(19)12-9-20(29)27-10-2-3-11-27/h4-8,13-14H,2-3,9-12H2,1H3. The fourth-order valence-corrected chi connectivity index (χ4v) is 3.84. The SMILES string of the molecule is Cc1cccc(-c2nc(-c3ccc4c(c3)nnn4CCC(=O)N3CCCC3)no2)c1. The van der Waals surface area contributed by atoms with Crippen LogP contribution in [0.4, 0.5) is 0 Å². The molecule has 0 bridgehead atoms. The number of rotatable bonds is 5. The van der Waals surface area contributed by atoms with E-state index >= 15 is 0 Å². The van der Waals surface area contributed by atoms with Crippen LogP contribution in [0.1, 0.15) is 24.8 Å². The van der Waals surface area contributed by atoms with Crippen LogP contribution in [0.25, 0.3) is 33.9 Å². The number of nitrogens with zero attached hydrogens (tertiary/aromatic N) is 6. The molecule has 1 amide bonds. The second-order valence-corrected chi connectivity index (χ2v) is 7.65. The maximum atomic E-state index is 12.3. The third kappa shape index (κ3) is 3.56. The van der Waals surface area contributed by atoms with Gasteiger partial charge in [-0.1, -0.05) is 28.1 Å². The topological polar surface area (TPSA) is 89.9 Å². The Morgan fingerprint density at radius 1 is 1.10 bits per heavy atom. The van der Waals surface area contributed by atoms with Crippen LogP contribution >= 0.6 is 0 Å². The van der Waals surface area contributed by atoms with Crippen LogP contribution in [-0.2, 0) is 11.3 Å². The van der Waals surface area contributed by atoms with Gasteiger partial charge in [-0.05, 0) is 50.1 Å². The van der Waals surface area contributed by atoms with Gasteiger partial charge < -0.3 is 9.42 Å². The molecular formula is C22H22N6O2. The predicted molar refractivity (Wildman–Crippen MR) is 111 cm³/mol. The molecule has 8 nitrogen and oxygen atoms in total. The van der Waals surface area contributed by atoms with Crippen molar-refractivity contribution in [3.63, 3.8) is 0 Å². The highest BCUT2D eigenvalue weighted by atomic mass is 16.5. The van der Waals surface area contributed by atoms with Crippen molar-refractivity contribution in [3.05, 3.63) is 48.0 Å². The van der Waals surface area contributed by atoms with Crippen molar-refractivity contribution in [3.8, 4) is 22.8 Å². The number of hydrogen-bond acceptors (Lipinski definition) is 6. The first-order valence-electron chi connectivity index (χ1n) is 10.2. The summed E-state index contributed by atoms with van der Waals surface area (Å²) >= 11 is 0. The minimum Gasteiger partial charge on any atom is -0.343 e. The van der Waals surface area contributed by atoms with Crippen LogP contribution < -0.4 is 0 Å². The lowest BCUT2D eigenvalue weighted by atomic mass is 10.1. The van der Waals surface area contributed by atoms with Crippen LogP contribution in [0.15, 0.2) is 47.0 Å². The third-order valence-corrected chi connectivity index (χ3v) is 5.46.